The van der Waals surface area contributed by atoms with Crippen LogP contribution in [0.1, 0.15) is 246 Å². The second kappa shape index (κ2) is 41.7. The molecule has 3 nitrogen and oxygen atoms in total. The molecule has 0 radical (unpaired) electrons. The predicted octanol–water partition coefficient (Wildman–Crippen LogP) is 30.1. The Labute approximate surface area is 669 Å². The largest absolute Gasteiger partial charge is 3.00 e. The van der Waals surface area contributed by atoms with Crippen molar-refractivity contribution in [3.05, 3.63) is 312 Å². The van der Waals surface area contributed by atoms with Gasteiger partial charge in [-0.15, -0.1) is 90.0 Å². The zero-order chi connectivity index (χ0) is 74.6. The third-order valence-electron chi connectivity index (χ3n) is 23.0. The van der Waals surface area contributed by atoms with Gasteiger partial charge in [0, 0.05) is 52.7 Å². The molecule has 0 bridgehead atoms. The van der Waals surface area contributed by atoms with Crippen molar-refractivity contribution < 1.29 is 20.1 Å². The van der Waals surface area contributed by atoms with Gasteiger partial charge in [-0.25, -0.2) is 0 Å². The molecule has 109 heavy (non-hydrogen) atoms. The van der Waals surface area contributed by atoms with Crippen LogP contribution in [0, 0.1) is 38.1 Å². The summed E-state index contributed by atoms with van der Waals surface area (Å²) in [6.07, 6.45) is 53.4. The Morgan fingerprint density at radius 1 is 0.321 bits per heavy atom. The van der Waals surface area contributed by atoms with Crippen molar-refractivity contribution in [1.29, 1.82) is 0 Å². The van der Waals surface area contributed by atoms with Gasteiger partial charge >= 0.3 is 20.1 Å². The molecular formula is C105H115IrN3+. The van der Waals surface area contributed by atoms with Crippen LogP contribution in [0.2, 0.25) is 0 Å². The number of hydrogen-bond acceptors (Lipinski definition) is 3. The Bertz CT molecular complexity index is 4590. The van der Waals surface area contributed by atoms with E-state index in [1.165, 1.54) is 258 Å². The first-order valence-corrected chi connectivity index (χ1v) is 41.6. The number of nitrogens with zero attached hydrogens (tertiary/aromatic N) is 3. The van der Waals surface area contributed by atoms with Gasteiger partial charge < -0.3 is 9.97 Å². The maximum atomic E-state index is 5.23. The van der Waals surface area contributed by atoms with Gasteiger partial charge in [-0.3, -0.25) is 4.98 Å². The molecule has 0 N–H and O–H groups in total. The maximum Gasteiger partial charge on any atom is 3.00 e. The molecule has 4 heteroatoms. The summed E-state index contributed by atoms with van der Waals surface area (Å²) in [5.41, 5.74) is 30.5. The Balaban J connectivity index is 0.000000395. The van der Waals surface area contributed by atoms with Gasteiger partial charge in [0.2, 0.25) is 0 Å². The summed E-state index contributed by atoms with van der Waals surface area (Å²) in [6, 6.07) is 85.8. The predicted molar refractivity (Wildman–Crippen MR) is 461 cm³/mol. The molecule has 558 valence electrons. The molecule has 11 aromatic rings. The van der Waals surface area contributed by atoms with Crippen molar-refractivity contribution in [2.75, 3.05) is 0 Å². The first kappa shape index (κ1) is 81.0. The summed E-state index contributed by atoms with van der Waals surface area (Å²) in [6.45, 7) is 13.7. The Kier molecular flexibility index (Phi) is 31.0. The van der Waals surface area contributed by atoms with Crippen molar-refractivity contribution >= 4 is 5.57 Å². The van der Waals surface area contributed by atoms with Gasteiger partial charge in [0.1, 0.15) is 0 Å². The molecule has 0 unspecified atom stereocenters. The molecule has 0 saturated carbocycles. The molecule has 0 aliphatic heterocycles. The standard InChI is InChI=1S/C82H99N2.C12H8.C11H8N.Ir/c1-7-11-15-19-23-27-51-81(52-28-24-20-16-12-8-2)75-55-61(5)31-45-71(75)72-46-41-67(56-76(72)81)64-35-39-66(40-36-64)80-50-44-70(60-84-80)69-43-48-74-73-47-42-68(63-33-37-65(38-34-63)79-49-32-62(6)59-83-79)57-77(73)82(78(74)58-69,53-29-25-21-17-13-9-3)54-30-26-22-18-14-10-4;1-3-7-11(8-4-1)12-9-5-2-6-10-12;1-2-6-10(7-3-1)11-8-4-5-9-12-11;/h31-37,39-50,55-60H,7-30,51-54H2,1-6H3;1-7,9H;1-6,8-9H;/q-1;;-1;+3. The number of pyridine rings is 3. The quantitative estimate of drug-likeness (QED) is 0.0294. The SMILES string of the molecule is CCCCCCCCC1(CCCCCCCC)c2cc(C)ccc2-c2ccc(-c3ccc(-c4ccc(-c5ccc6c(c5)C(CCCCCCCC)(CCCCCCCC)c5cc(-c7c[c-]c(-c8ccc(C)cn8)cc7)ccc5-6)cn4)cc3)cc21.[C+]1=CC=CC=C1c1[c-]cccc1.[Ir+3].[c-]1ccccc1-c1ccccn1. The van der Waals surface area contributed by atoms with E-state index in [0.717, 1.165) is 44.9 Å². The van der Waals surface area contributed by atoms with Crippen LogP contribution in [0.5, 0.6) is 0 Å². The molecule has 3 aliphatic carbocycles. The van der Waals surface area contributed by atoms with Crippen molar-refractivity contribution in [3.8, 4) is 89.4 Å². The van der Waals surface area contributed by atoms with Crippen LogP contribution in [-0.2, 0) is 30.9 Å². The normalized spacial score (nSPS) is 13.0. The van der Waals surface area contributed by atoms with E-state index < -0.39 is 0 Å². The molecule has 0 saturated heterocycles. The first-order valence-electron chi connectivity index (χ1n) is 41.6. The van der Waals surface area contributed by atoms with Crippen LogP contribution in [-0.4, -0.2) is 15.0 Å². The molecule has 8 aromatic carbocycles. The van der Waals surface area contributed by atoms with Gasteiger partial charge in [-0.05, 0) is 154 Å². The number of hydrogen-bond donors (Lipinski definition) is 0. The molecule has 0 amide bonds. The molecule has 0 atom stereocenters. The van der Waals surface area contributed by atoms with Gasteiger partial charge in [0.15, 0.2) is 0 Å². The molecular weight excluding hydrogens is 1500 g/mol. The van der Waals surface area contributed by atoms with E-state index in [1.54, 1.807) is 17.3 Å². The molecule has 3 aliphatic rings. The Hall–Kier alpha value is -9.01. The maximum absolute atomic E-state index is 5.23. The minimum Gasteiger partial charge on any atom is -0.305 e. The van der Waals surface area contributed by atoms with E-state index in [-0.39, 0.29) is 30.9 Å². The minimum absolute atomic E-state index is 0. The number of aryl methyl sites for hydroxylation is 2. The van der Waals surface area contributed by atoms with Gasteiger partial charge in [-0.1, -0.05) is 325 Å². The second-order valence-electron chi connectivity index (χ2n) is 30.8. The monoisotopic (exact) mass is 1610 g/mol. The van der Waals surface area contributed by atoms with Crippen molar-refractivity contribution in [3.63, 3.8) is 0 Å². The summed E-state index contributed by atoms with van der Waals surface area (Å²) in [5, 5.41) is 0. The zero-order valence-electron chi connectivity index (χ0n) is 66.1. The number of aromatic nitrogens is 3. The van der Waals surface area contributed by atoms with Crippen LogP contribution in [0.4, 0.5) is 0 Å². The third kappa shape index (κ3) is 20.9. The Morgan fingerprint density at radius 3 is 1.20 bits per heavy atom. The number of benzene rings is 8. The minimum atomic E-state index is -0.0537. The number of unbranched alkanes of at least 4 members (excludes halogenated alkanes) is 20. The van der Waals surface area contributed by atoms with Crippen molar-refractivity contribution in [1.82, 2.24) is 15.0 Å². The molecule has 3 heterocycles. The summed E-state index contributed by atoms with van der Waals surface area (Å²) < 4.78 is 0. The van der Waals surface area contributed by atoms with E-state index in [4.69, 9.17) is 9.97 Å². The van der Waals surface area contributed by atoms with E-state index >= 15 is 0 Å². The fourth-order valence-corrected chi connectivity index (χ4v) is 17.0. The third-order valence-corrected chi connectivity index (χ3v) is 23.0. The van der Waals surface area contributed by atoms with Crippen LogP contribution >= 0.6 is 0 Å². The molecule has 0 spiro atoms. The van der Waals surface area contributed by atoms with E-state index in [9.17, 15) is 0 Å². The zero-order valence-corrected chi connectivity index (χ0v) is 68.5. The number of allylic oxidation sites excluding steroid dienone is 6. The van der Waals surface area contributed by atoms with E-state index in [0.29, 0.717) is 0 Å². The van der Waals surface area contributed by atoms with Gasteiger partial charge in [0.05, 0.1) is 17.3 Å². The van der Waals surface area contributed by atoms with E-state index in [1.807, 2.05) is 97.2 Å². The smallest absolute Gasteiger partial charge is 0.305 e. The molecule has 3 aromatic heterocycles. The van der Waals surface area contributed by atoms with Crippen LogP contribution in [0.15, 0.2) is 249 Å². The summed E-state index contributed by atoms with van der Waals surface area (Å²) >= 11 is 0. The average Bonchev–Trinajstić information content (AvgIpc) is 1.57. The van der Waals surface area contributed by atoms with Crippen LogP contribution in [0.25, 0.3) is 95.0 Å². The van der Waals surface area contributed by atoms with Gasteiger partial charge in [0.25, 0.3) is 0 Å². The fraction of sp³-hybridized carbons (Fsp3) is 0.343. The summed E-state index contributed by atoms with van der Waals surface area (Å²) in [4.78, 5) is 14.2. The van der Waals surface area contributed by atoms with E-state index in [2.05, 4.69) is 217 Å². The van der Waals surface area contributed by atoms with Crippen molar-refractivity contribution in [2.45, 2.75) is 232 Å². The number of fused-ring (bicyclic) bond motifs is 6. The van der Waals surface area contributed by atoms with Gasteiger partial charge in [-0.2, -0.15) is 0 Å². The van der Waals surface area contributed by atoms with Crippen molar-refractivity contribution in [2.24, 2.45) is 0 Å². The van der Waals surface area contributed by atoms with Crippen LogP contribution in [0.3, 0.4) is 0 Å². The first-order chi connectivity index (χ1) is 53.2. The Morgan fingerprint density at radius 2 is 0.743 bits per heavy atom. The molecule has 0 fully saturated rings. The summed E-state index contributed by atoms with van der Waals surface area (Å²) in [5.74, 6) is 0. The average molecular weight is 1610 g/mol. The van der Waals surface area contributed by atoms with Crippen LogP contribution < -0.4 is 0 Å². The fourth-order valence-electron chi connectivity index (χ4n) is 17.0. The molecule has 14 rings (SSSR count). The topological polar surface area (TPSA) is 38.7 Å². The second-order valence-corrected chi connectivity index (χ2v) is 30.8. The summed E-state index contributed by atoms with van der Waals surface area (Å²) in [7, 11) is 0. The number of rotatable bonds is 35.